The summed E-state index contributed by atoms with van der Waals surface area (Å²) in [5.41, 5.74) is 1.09. The standard InChI is InChI=1S/C13H20N2O3/c1-9(2)15(7-8-16)12-6-5-11(10(3)14-12)13(17)18-4/h5-6,9,16H,7-8H2,1-4H3. The van der Waals surface area contributed by atoms with Crippen LogP contribution in [-0.2, 0) is 4.74 Å². The summed E-state index contributed by atoms with van der Waals surface area (Å²) >= 11 is 0. The number of pyridine rings is 1. The number of aliphatic hydroxyl groups excluding tert-OH is 1. The zero-order valence-electron chi connectivity index (χ0n) is 11.3. The van der Waals surface area contributed by atoms with Gasteiger partial charge in [0.25, 0.3) is 0 Å². The van der Waals surface area contributed by atoms with Gasteiger partial charge in [0.1, 0.15) is 5.82 Å². The fraction of sp³-hybridized carbons (Fsp3) is 0.538. The highest BCUT2D eigenvalue weighted by Crippen LogP contribution is 2.17. The van der Waals surface area contributed by atoms with Gasteiger partial charge in [-0.1, -0.05) is 0 Å². The number of rotatable bonds is 5. The van der Waals surface area contributed by atoms with E-state index < -0.39 is 0 Å². The van der Waals surface area contributed by atoms with Gasteiger partial charge in [0.2, 0.25) is 0 Å². The summed E-state index contributed by atoms with van der Waals surface area (Å²) in [7, 11) is 1.35. The van der Waals surface area contributed by atoms with Gasteiger partial charge in [-0.25, -0.2) is 9.78 Å². The molecule has 5 heteroatoms. The van der Waals surface area contributed by atoms with Gasteiger partial charge in [0, 0.05) is 12.6 Å². The number of anilines is 1. The molecule has 18 heavy (non-hydrogen) atoms. The van der Waals surface area contributed by atoms with E-state index in [1.807, 2.05) is 18.7 Å². The number of aromatic nitrogens is 1. The second kappa shape index (κ2) is 6.35. The Morgan fingerprint density at radius 3 is 2.61 bits per heavy atom. The summed E-state index contributed by atoms with van der Waals surface area (Å²) in [5, 5.41) is 9.05. The molecular weight excluding hydrogens is 232 g/mol. The van der Waals surface area contributed by atoms with Crippen LogP contribution in [0.15, 0.2) is 12.1 Å². The molecule has 5 nitrogen and oxygen atoms in total. The van der Waals surface area contributed by atoms with Gasteiger partial charge in [-0.15, -0.1) is 0 Å². The average Bonchev–Trinajstić information content (AvgIpc) is 2.34. The van der Waals surface area contributed by atoms with E-state index in [-0.39, 0.29) is 18.6 Å². The number of hydrogen-bond acceptors (Lipinski definition) is 5. The fourth-order valence-corrected chi connectivity index (χ4v) is 1.78. The van der Waals surface area contributed by atoms with Crippen molar-refractivity contribution in [1.82, 2.24) is 4.98 Å². The van der Waals surface area contributed by atoms with Crippen LogP contribution < -0.4 is 4.90 Å². The molecule has 0 aliphatic rings. The maximum Gasteiger partial charge on any atom is 0.339 e. The Balaban J connectivity index is 3.05. The molecule has 1 heterocycles. The van der Waals surface area contributed by atoms with Crippen LogP contribution in [0.3, 0.4) is 0 Å². The van der Waals surface area contributed by atoms with E-state index in [9.17, 15) is 4.79 Å². The predicted octanol–water partition coefficient (Wildman–Crippen LogP) is 1.38. The van der Waals surface area contributed by atoms with Crippen LogP contribution in [0.2, 0.25) is 0 Å². The van der Waals surface area contributed by atoms with Crippen LogP contribution >= 0.6 is 0 Å². The van der Waals surface area contributed by atoms with Gasteiger partial charge >= 0.3 is 5.97 Å². The van der Waals surface area contributed by atoms with E-state index in [1.54, 1.807) is 19.1 Å². The Labute approximate surface area is 107 Å². The molecule has 0 unspecified atom stereocenters. The lowest BCUT2D eigenvalue weighted by molar-refractivity contribution is 0.0599. The van der Waals surface area contributed by atoms with Crippen LogP contribution in [0.1, 0.15) is 29.9 Å². The number of nitrogens with zero attached hydrogens (tertiary/aromatic N) is 2. The van der Waals surface area contributed by atoms with Gasteiger partial charge in [0.15, 0.2) is 0 Å². The van der Waals surface area contributed by atoms with E-state index in [1.165, 1.54) is 7.11 Å². The highest BCUT2D eigenvalue weighted by Gasteiger charge is 2.15. The predicted molar refractivity (Wildman–Crippen MR) is 69.9 cm³/mol. The minimum absolute atomic E-state index is 0.0671. The normalized spacial score (nSPS) is 10.6. The SMILES string of the molecule is COC(=O)c1ccc(N(CCO)C(C)C)nc1C. The third-order valence-electron chi connectivity index (χ3n) is 2.73. The molecule has 0 aliphatic carbocycles. The molecule has 0 fully saturated rings. The lowest BCUT2D eigenvalue weighted by Crippen LogP contribution is -2.34. The van der Waals surface area contributed by atoms with Crippen LogP contribution in [0.25, 0.3) is 0 Å². The number of methoxy groups -OCH3 is 1. The molecular formula is C13H20N2O3. The highest BCUT2D eigenvalue weighted by molar-refractivity contribution is 5.90. The van der Waals surface area contributed by atoms with Gasteiger partial charge in [0.05, 0.1) is 25.0 Å². The first-order valence-corrected chi connectivity index (χ1v) is 5.94. The number of aryl methyl sites for hydroxylation is 1. The average molecular weight is 252 g/mol. The number of aliphatic hydroxyl groups is 1. The van der Waals surface area contributed by atoms with Gasteiger partial charge in [-0.3, -0.25) is 0 Å². The van der Waals surface area contributed by atoms with Crippen molar-refractivity contribution in [1.29, 1.82) is 0 Å². The molecule has 0 aromatic carbocycles. The molecule has 0 saturated heterocycles. The van der Waals surface area contributed by atoms with E-state index in [4.69, 9.17) is 5.11 Å². The third-order valence-corrected chi connectivity index (χ3v) is 2.73. The Morgan fingerprint density at radius 2 is 2.17 bits per heavy atom. The largest absolute Gasteiger partial charge is 0.465 e. The maximum absolute atomic E-state index is 11.5. The number of hydrogen-bond donors (Lipinski definition) is 1. The topological polar surface area (TPSA) is 62.7 Å². The summed E-state index contributed by atoms with van der Waals surface area (Å²) in [5.74, 6) is 0.369. The number of esters is 1. The zero-order chi connectivity index (χ0) is 13.7. The van der Waals surface area contributed by atoms with Crippen molar-refractivity contribution in [3.8, 4) is 0 Å². The van der Waals surface area contributed by atoms with Gasteiger partial charge < -0.3 is 14.7 Å². The van der Waals surface area contributed by atoms with Crippen molar-refractivity contribution in [2.45, 2.75) is 26.8 Å². The maximum atomic E-state index is 11.5. The first-order valence-electron chi connectivity index (χ1n) is 5.94. The lowest BCUT2D eigenvalue weighted by atomic mass is 10.2. The van der Waals surface area contributed by atoms with Crippen molar-refractivity contribution in [3.63, 3.8) is 0 Å². The highest BCUT2D eigenvalue weighted by atomic mass is 16.5. The van der Waals surface area contributed by atoms with Gasteiger partial charge in [-0.05, 0) is 32.9 Å². The summed E-state index contributed by atoms with van der Waals surface area (Å²) in [4.78, 5) is 17.8. The van der Waals surface area contributed by atoms with Crippen LogP contribution in [0.5, 0.6) is 0 Å². The molecule has 0 bridgehead atoms. The summed E-state index contributed by atoms with van der Waals surface area (Å²) in [6.45, 7) is 6.41. The fourth-order valence-electron chi connectivity index (χ4n) is 1.78. The number of carbonyl (C=O) groups is 1. The molecule has 0 spiro atoms. The third kappa shape index (κ3) is 3.20. The second-order valence-corrected chi connectivity index (χ2v) is 4.30. The zero-order valence-corrected chi connectivity index (χ0v) is 11.3. The summed E-state index contributed by atoms with van der Waals surface area (Å²) in [6, 6.07) is 3.71. The van der Waals surface area contributed by atoms with E-state index >= 15 is 0 Å². The molecule has 100 valence electrons. The molecule has 1 aromatic rings. The molecule has 0 amide bonds. The number of carbonyl (C=O) groups excluding carboxylic acids is 1. The minimum atomic E-state index is -0.384. The van der Waals surface area contributed by atoms with Crippen LogP contribution in [0, 0.1) is 6.92 Å². The molecule has 0 radical (unpaired) electrons. The van der Waals surface area contributed by atoms with E-state index in [0.717, 1.165) is 5.82 Å². The van der Waals surface area contributed by atoms with Crippen LogP contribution in [-0.4, -0.2) is 42.4 Å². The lowest BCUT2D eigenvalue weighted by Gasteiger charge is -2.27. The smallest absolute Gasteiger partial charge is 0.339 e. The summed E-state index contributed by atoms with van der Waals surface area (Å²) < 4.78 is 4.68. The van der Waals surface area contributed by atoms with Crippen molar-refractivity contribution in [3.05, 3.63) is 23.4 Å². The van der Waals surface area contributed by atoms with Crippen molar-refractivity contribution in [2.75, 3.05) is 25.2 Å². The number of ether oxygens (including phenoxy) is 1. The van der Waals surface area contributed by atoms with Crippen molar-refractivity contribution >= 4 is 11.8 Å². The quantitative estimate of drug-likeness (QED) is 0.802. The monoisotopic (exact) mass is 252 g/mol. The molecule has 1 rings (SSSR count). The minimum Gasteiger partial charge on any atom is -0.465 e. The Bertz CT molecular complexity index is 419. The molecule has 1 N–H and O–H groups in total. The molecule has 1 aromatic heterocycles. The summed E-state index contributed by atoms with van der Waals surface area (Å²) in [6.07, 6.45) is 0. The molecule has 0 saturated carbocycles. The second-order valence-electron chi connectivity index (χ2n) is 4.30. The Morgan fingerprint density at radius 1 is 1.50 bits per heavy atom. The van der Waals surface area contributed by atoms with E-state index in [0.29, 0.717) is 17.8 Å². The van der Waals surface area contributed by atoms with E-state index in [2.05, 4.69) is 9.72 Å². The Hall–Kier alpha value is -1.62. The van der Waals surface area contributed by atoms with Crippen molar-refractivity contribution in [2.24, 2.45) is 0 Å². The first-order chi connectivity index (χ1) is 8.51. The molecule has 0 aliphatic heterocycles. The Kier molecular flexibility index (Phi) is 5.09. The first kappa shape index (κ1) is 14.4. The molecule has 0 atom stereocenters. The van der Waals surface area contributed by atoms with Crippen LogP contribution in [0.4, 0.5) is 5.82 Å². The van der Waals surface area contributed by atoms with Crippen molar-refractivity contribution < 1.29 is 14.6 Å². The van der Waals surface area contributed by atoms with Gasteiger partial charge in [-0.2, -0.15) is 0 Å².